The number of rotatable bonds is 2. The molecule has 0 aliphatic carbocycles. The van der Waals surface area contributed by atoms with Crippen molar-refractivity contribution in [1.82, 2.24) is 4.90 Å². The van der Waals surface area contributed by atoms with Crippen LogP contribution < -0.4 is 15.2 Å². The lowest BCUT2D eigenvalue weighted by Gasteiger charge is -2.44. The van der Waals surface area contributed by atoms with Gasteiger partial charge in [-0.05, 0) is 42.0 Å². The van der Waals surface area contributed by atoms with E-state index in [1.54, 1.807) is 7.11 Å². The van der Waals surface area contributed by atoms with Crippen LogP contribution in [0.1, 0.15) is 25.8 Å². The number of hydrogen-bond acceptors (Lipinski definition) is 4. The van der Waals surface area contributed by atoms with Gasteiger partial charge in [0.15, 0.2) is 0 Å². The van der Waals surface area contributed by atoms with Crippen LogP contribution in [0, 0.1) is 11.3 Å². The third-order valence-corrected chi connectivity index (χ3v) is 5.15. The maximum absolute atomic E-state index is 12.9. The second kappa shape index (κ2) is 7.19. The number of amides is 1. The topological polar surface area (TPSA) is 64.8 Å². The van der Waals surface area contributed by atoms with Gasteiger partial charge in [-0.1, -0.05) is 13.8 Å². The van der Waals surface area contributed by atoms with Gasteiger partial charge in [-0.2, -0.15) is 0 Å². The van der Waals surface area contributed by atoms with Gasteiger partial charge in [-0.3, -0.25) is 4.79 Å². The van der Waals surface area contributed by atoms with Gasteiger partial charge < -0.3 is 20.1 Å². The van der Waals surface area contributed by atoms with Crippen LogP contribution in [-0.4, -0.2) is 43.7 Å². The van der Waals surface area contributed by atoms with Gasteiger partial charge in [0.2, 0.25) is 5.91 Å². The van der Waals surface area contributed by atoms with Crippen LogP contribution in [-0.2, 0) is 11.2 Å². The van der Waals surface area contributed by atoms with E-state index in [0.29, 0.717) is 19.6 Å². The molecular weight excluding hydrogens is 328 g/mol. The number of ether oxygens (including phenoxy) is 2. The van der Waals surface area contributed by atoms with Crippen molar-refractivity contribution in [3.63, 3.8) is 0 Å². The van der Waals surface area contributed by atoms with E-state index in [4.69, 9.17) is 15.2 Å². The molecule has 6 heteroatoms. The molecule has 0 saturated carbocycles. The van der Waals surface area contributed by atoms with Crippen LogP contribution in [0.15, 0.2) is 18.2 Å². The predicted molar refractivity (Wildman–Crippen MR) is 95.9 cm³/mol. The van der Waals surface area contributed by atoms with E-state index in [9.17, 15) is 4.79 Å². The summed E-state index contributed by atoms with van der Waals surface area (Å²) in [6.07, 6.45) is 1.56. The van der Waals surface area contributed by atoms with Gasteiger partial charge in [-0.15, -0.1) is 12.4 Å². The summed E-state index contributed by atoms with van der Waals surface area (Å²) in [6.45, 7) is 6.17. The number of nitrogens with zero attached hydrogens (tertiary/aromatic N) is 1. The Balaban J connectivity index is 0.00000208. The molecule has 134 valence electrons. The number of carbonyl (C=O) groups excluding carboxylic acids is 1. The summed E-state index contributed by atoms with van der Waals surface area (Å²) in [6, 6.07) is 5.91. The van der Waals surface area contributed by atoms with Crippen molar-refractivity contribution in [3.8, 4) is 11.5 Å². The molecule has 1 fully saturated rings. The Bertz CT molecular complexity index is 606. The van der Waals surface area contributed by atoms with Crippen molar-refractivity contribution >= 4 is 18.3 Å². The highest BCUT2D eigenvalue weighted by Crippen LogP contribution is 2.33. The number of fused-ring (bicyclic) bond motifs is 1. The Kier molecular flexibility index (Phi) is 5.66. The second-order valence-corrected chi connectivity index (χ2v) is 7.33. The Labute approximate surface area is 149 Å². The summed E-state index contributed by atoms with van der Waals surface area (Å²) < 4.78 is 11.1. The van der Waals surface area contributed by atoms with Crippen molar-refractivity contribution in [2.24, 2.45) is 17.1 Å². The minimum absolute atomic E-state index is 0. The van der Waals surface area contributed by atoms with E-state index in [0.717, 1.165) is 30.0 Å². The van der Waals surface area contributed by atoms with Gasteiger partial charge in [0.05, 0.1) is 13.0 Å². The first-order valence-electron chi connectivity index (χ1n) is 8.25. The Morgan fingerprint density at radius 2 is 2.17 bits per heavy atom. The fraction of sp³-hybridized carbons (Fsp3) is 0.611. The zero-order chi connectivity index (χ0) is 16.6. The standard InChI is InChI=1S/C18H26N2O3.ClH/c1-18(2)11-20(7-6-16(18)19)17(21)13-8-12-9-14(22-3)4-5-15(12)23-10-13;/h4-5,9,13,16H,6-8,10-11,19H2,1-3H3;1H. The molecule has 1 aromatic carbocycles. The molecule has 3 rings (SSSR count). The average molecular weight is 355 g/mol. The van der Waals surface area contributed by atoms with Crippen molar-refractivity contribution in [2.45, 2.75) is 32.7 Å². The fourth-order valence-electron chi connectivity index (χ4n) is 3.48. The summed E-state index contributed by atoms with van der Waals surface area (Å²) in [4.78, 5) is 14.8. The number of piperidine rings is 1. The van der Waals surface area contributed by atoms with Crippen LogP contribution in [0.2, 0.25) is 0 Å². The first kappa shape index (κ1) is 18.9. The van der Waals surface area contributed by atoms with Crippen LogP contribution in [0.3, 0.4) is 0 Å². The normalized spacial score (nSPS) is 25.1. The number of benzene rings is 1. The van der Waals surface area contributed by atoms with Crippen LogP contribution >= 0.6 is 12.4 Å². The zero-order valence-electron chi connectivity index (χ0n) is 14.6. The highest BCUT2D eigenvalue weighted by Gasteiger charge is 2.38. The molecule has 2 N–H and O–H groups in total. The van der Waals surface area contributed by atoms with Crippen molar-refractivity contribution in [2.75, 3.05) is 26.8 Å². The van der Waals surface area contributed by atoms with E-state index in [1.807, 2.05) is 23.1 Å². The minimum Gasteiger partial charge on any atom is -0.497 e. The van der Waals surface area contributed by atoms with Crippen LogP contribution in [0.25, 0.3) is 0 Å². The number of hydrogen-bond donors (Lipinski definition) is 1. The maximum atomic E-state index is 12.9. The van der Waals surface area contributed by atoms with Gasteiger partial charge in [0, 0.05) is 19.1 Å². The lowest BCUT2D eigenvalue weighted by molar-refractivity contribution is -0.140. The molecule has 5 nitrogen and oxygen atoms in total. The molecule has 24 heavy (non-hydrogen) atoms. The molecule has 2 aliphatic rings. The zero-order valence-corrected chi connectivity index (χ0v) is 15.4. The van der Waals surface area contributed by atoms with Gasteiger partial charge >= 0.3 is 0 Å². The third kappa shape index (κ3) is 3.62. The third-order valence-electron chi connectivity index (χ3n) is 5.15. The predicted octanol–water partition coefficient (Wildman–Crippen LogP) is 2.25. The number of nitrogens with two attached hydrogens (primary N) is 1. The highest BCUT2D eigenvalue weighted by atomic mass is 35.5. The molecule has 2 aliphatic heterocycles. The quantitative estimate of drug-likeness (QED) is 0.884. The monoisotopic (exact) mass is 354 g/mol. The van der Waals surface area contributed by atoms with E-state index in [1.165, 1.54) is 0 Å². The summed E-state index contributed by atoms with van der Waals surface area (Å²) in [5, 5.41) is 0. The number of likely N-dealkylation sites (tertiary alicyclic amines) is 1. The van der Waals surface area contributed by atoms with Crippen LogP contribution in [0.4, 0.5) is 0 Å². The van der Waals surface area contributed by atoms with E-state index < -0.39 is 0 Å². The fourth-order valence-corrected chi connectivity index (χ4v) is 3.48. The Morgan fingerprint density at radius 1 is 1.42 bits per heavy atom. The lowest BCUT2D eigenvalue weighted by Crippen LogP contribution is -2.55. The molecular formula is C18H27ClN2O3. The van der Waals surface area contributed by atoms with Gasteiger partial charge in [0.25, 0.3) is 0 Å². The number of halogens is 1. The molecule has 2 heterocycles. The van der Waals surface area contributed by atoms with Gasteiger partial charge in [-0.25, -0.2) is 0 Å². The first-order chi connectivity index (χ1) is 10.9. The molecule has 0 aromatic heterocycles. The van der Waals surface area contributed by atoms with Crippen molar-refractivity contribution in [3.05, 3.63) is 23.8 Å². The molecule has 1 amide bonds. The molecule has 1 aromatic rings. The Hall–Kier alpha value is -1.46. The van der Waals surface area contributed by atoms with Crippen molar-refractivity contribution < 1.29 is 14.3 Å². The van der Waals surface area contributed by atoms with E-state index in [-0.39, 0.29) is 35.7 Å². The molecule has 1 saturated heterocycles. The SMILES string of the molecule is COc1ccc2c(c1)CC(C(=O)N1CCC(N)C(C)(C)C1)CO2.Cl. The Morgan fingerprint density at radius 3 is 2.83 bits per heavy atom. The van der Waals surface area contributed by atoms with E-state index in [2.05, 4.69) is 13.8 Å². The molecule has 0 radical (unpaired) electrons. The average Bonchev–Trinajstić information content (AvgIpc) is 2.55. The van der Waals surface area contributed by atoms with Crippen molar-refractivity contribution in [1.29, 1.82) is 0 Å². The lowest BCUT2D eigenvalue weighted by atomic mass is 9.79. The van der Waals surface area contributed by atoms with Gasteiger partial charge in [0.1, 0.15) is 18.1 Å². The molecule has 0 bridgehead atoms. The largest absolute Gasteiger partial charge is 0.497 e. The summed E-state index contributed by atoms with van der Waals surface area (Å²) in [7, 11) is 1.65. The van der Waals surface area contributed by atoms with E-state index >= 15 is 0 Å². The molecule has 2 unspecified atom stereocenters. The minimum atomic E-state index is -0.125. The first-order valence-corrected chi connectivity index (χ1v) is 8.25. The molecule has 2 atom stereocenters. The number of methoxy groups -OCH3 is 1. The summed E-state index contributed by atoms with van der Waals surface area (Å²) >= 11 is 0. The number of carbonyl (C=O) groups is 1. The highest BCUT2D eigenvalue weighted by molar-refractivity contribution is 5.85. The van der Waals surface area contributed by atoms with Crippen LogP contribution in [0.5, 0.6) is 11.5 Å². The maximum Gasteiger partial charge on any atom is 0.229 e. The smallest absolute Gasteiger partial charge is 0.229 e. The summed E-state index contributed by atoms with van der Waals surface area (Å²) in [5.41, 5.74) is 7.18. The molecule has 0 spiro atoms. The second-order valence-electron chi connectivity index (χ2n) is 7.33. The summed E-state index contributed by atoms with van der Waals surface area (Å²) in [5.74, 6) is 1.71.